The van der Waals surface area contributed by atoms with E-state index < -0.39 is 0 Å². The summed E-state index contributed by atoms with van der Waals surface area (Å²) in [5, 5.41) is 2.56. The van der Waals surface area contributed by atoms with Crippen LogP contribution in [0.15, 0.2) is 37.6 Å². The van der Waals surface area contributed by atoms with Crippen molar-refractivity contribution in [3.63, 3.8) is 0 Å². The molecule has 66 valence electrons. The zero-order valence-electron chi connectivity index (χ0n) is 6.95. The quantitative estimate of drug-likeness (QED) is 0.277. The van der Waals surface area contributed by atoms with Crippen molar-refractivity contribution in [1.29, 1.82) is 0 Å². The summed E-state index contributed by atoms with van der Waals surface area (Å²) in [6.07, 6.45) is 6.08. The van der Waals surface area contributed by atoms with E-state index >= 15 is 0 Å². The normalized spacial score (nSPS) is 9.33. The molecule has 0 saturated heterocycles. The zero-order valence-corrected chi connectivity index (χ0v) is 6.95. The van der Waals surface area contributed by atoms with Gasteiger partial charge in [-0.2, -0.15) is 0 Å². The molecule has 0 aromatic heterocycles. The van der Waals surface area contributed by atoms with Gasteiger partial charge in [-0.05, 0) is 12.2 Å². The first-order valence-electron chi connectivity index (χ1n) is 3.59. The van der Waals surface area contributed by atoms with E-state index in [0.29, 0.717) is 13.2 Å². The van der Waals surface area contributed by atoms with Gasteiger partial charge >= 0.3 is 0 Å². The number of nitrogens with one attached hydrogen (secondary N) is 1. The Morgan fingerprint density at radius 1 is 1.50 bits per heavy atom. The van der Waals surface area contributed by atoms with Crippen molar-refractivity contribution in [3.8, 4) is 0 Å². The second kappa shape index (κ2) is 7.60. The van der Waals surface area contributed by atoms with E-state index in [4.69, 9.17) is 4.74 Å². The third-order valence-electron chi connectivity index (χ3n) is 0.986. The molecule has 0 unspecified atom stereocenters. The van der Waals surface area contributed by atoms with Crippen LogP contribution in [0.1, 0.15) is 0 Å². The molecule has 1 amide bonds. The van der Waals surface area contributed by atoms with Crippen LogP contribution in [0.4, 0.5) is 0 Å². The van der Waals surface area contributed by atoms with Crippen LogP contribution in [0, 0.1) is 0 Å². The van der Waals surface area contributed by atoms with Gasteiger partial charge in [0.2, 0.25) is 5.91 Å². The Labute approximate surface area is 72.4 Å². The van der Waals surface area contributed by atoms with E-state index in [1.54, 1.807) is 12.2 Å². The van der Waals surface area contributed by atoms with Crippen molar-refractivity contribution >= 4 is 5.91 Å². The Kier molecular flexibility index (Phi) is 6.64. The number of hydrogen-bond acceptors (Lipinski definition) is 2. The van der Waals surface area contributed by atoms with Crippen LogP contribution in [0.3, 0.4) is 0 Å². The van der Waals surface area contributed by atoms with E-state index in [1.165, 1.54) is 12.3 Å². The molecule has 0 fully saturated rings. The highest BCUT2D eigenvalue weighted by molar-refractivity contribution is 5.86. The van der Waals surface area contributed by atoms with Crippen LogP contribution in [-0.4, -0.2) is 19.1 Å². The summed E-state index contributed by atoms with van der Waals surface area (Å²) in [6, 6.07) is 0. The molecule has 0 aliphatic carbocycles. The smallest absolute Gasteiger partial charge is 0.243 e. The Hall–Kier alpha value is -1.51. The van der Waals surface area contributed by atoms with Crippen LogP contribution in [-0.2, 0) is 9.53 Å². The van der Waals surface area contributed by atoms with Gasteiger partial charge in [0.1, 0.15) is 6.61 Å². The lowest BCUT2D eigenvalue weighted by Crippen LogP contribution is -2.20. The van der Waals surface area contributed by atoms with Crippen molar-refractivity contribution in [1.82, 2.24) is 5.32 Å². The average molecular weight is 167 g/mol. The van der Waals surface area contributed by atoms with E-state index in [2.05, 4.69) is 18.5 Å². The summed E-state index contributed by atoms with van der Waals surface area (Å²) in [6.45, 7) is 7.71. The number of amides is 1. The first-order chi connectivity index (χ1) is 5.81. The molecule has 0 aromatic rings. The fourth-order valence-corrected chi connectivity index (χ4v) is 0.471. The highest BCUT2D eigenvalue weighted by Crippen LogP contribution is 1.77. The highest BCUT2D eigenvalue weighted by atomic mass is 16.5. The number of hydrogen-bond donors (Lipinski definition) is 1. The van der Waals surface area contributed by atoms with Gasteiger partial charge in [0.15, 0.2) is 0 Å². The van der Waals surface area contributed by atoms with E-state index in [0.717, 1.165) is 0 Å². The molecule has 0 spiro atoms. The van der Waals surface area contributed by atoms with E-state index in [9.17, 15) is 4.79 Å². The van der Waals surface area contributed by atoms with Crippen molar-refractivity contribution in [3.05, 3.63) is 37.6 Å². The molecular formula is C9H13NO2. The first kappa shape index (κ1) is 10.5. The Morgan fingerprint density at radius 3 is 2.83 bits per heavy atom. The van der Waals surface area contributed by atoms with Gasteiger partial charge in [-0.3, -0.25) is 4.79 Å². The molecule has 3 nitrogen and oxygen atoms in total. The average Bonchev–Trinajstić information content (AvgIpc) is 2.10. The Morgan fingerprint density at radius 2 is 2.25 bits per heavy atom. The molecule has 0 saturated carbocycles. The van der Waals surface area contributed by atoms with Gasteiger partial charge in [0.05, 0.1) is 6.26 Å². The van der Waals surface area contributed by atoms with Gasteiger partial charge < -0.3 is 10.1 Å². The van der Waals surface area contributed by atoms with Crippen LogP contribution in [0.25, 0.3) is 0 Å². The van der Waals surface area contributed by atoms with Crippen molar-refractivity contribution < 1.29 is 9.53 Å². The minimum absolute atomic E-state index is 0.191. The van der Waals surface area contributed by atoms with Gasteiger partial charge in [-0.25, -0.2) is 0 Å². The fourth-order valence-electron chi connectivity index (χ4n) is 0.471. The molecule has 0 aromatic carbocycles. The third kappa shape index (κ3) is 6.61. The summed E-state index contributed by atoms with van der Waals surface area (Å²) >= 11 is 0. The summed E-state index contributed by atoms with van der Waals surface area (Å²) in [5.74, 6) is -0.191. The maximum Gasteiger partial charge on any atom is 0.243 e. The van der Waals surface area contributed by atoms with Gasteiger partial charge in [-0.1, -0.05) is 19.2 Å². The minimum Gasteiger partial charge on any atom is -0.497 e. The van der Waals surface area contributed by atoms with Crippen LogP contribution < -0.4 is 5.32 Å². The maximum absolute atomic E-state index is 10.6. The molecule has 3 heteroatoms. The minimum atomic E-state index is -0.191. The molecule has 0 bridgehead atoms. The molecule has 0 radical (unpaired) electrons. The van der Waals surface area contributed by atoms with Crippen LogP contribution >= 0.6 is 0 Å². The monoisotopic (exact) mass is 167 g/mol. The molecule has 12 heavy (non-hydrogen) atoms. The van der Waals surface area contributed by atoms with Gasteiger partial charge in [-0.15, -0.1) is 0 Å². The molecule has 0 heterocycles. The predicted octanol–water partition coefficient (Wildman–Crippen LogP) is 1.00. The predicted molar refractivity (Wildman–Crippen MR) is 48.5 cm³/mol. The third-order valence-corrected chi connectivity index (χ3v) is 0.986. The molecule has 0 aliphatic heterocycles. The highest BCUT2D eigenvalue weighted by Gasteiger charge is 1.86. The lowest BCUT2D eigenvalue weighted by Gasteiger charge is -1.95. The van der Waals surface area contributed by atoms with Crippen LogP contribution in [0.2, 0.25) is 0 Å². The lowest BCUT2D eigenvalue weighted by atomic mass is 10.5. The van der Waals surface area contributed by atoms with Gasteiger partial charge in [0, 0.05) is 6.54 Å². The summed E-state index contributed by atoms with van der Waals surface area (Å²) in [4.78, 5) is 10.6. The summed E-state index contributed by atoms with van der Waals surface area (Å²) < 4.78 is 4.92. The second-order valence-electron chi connectivity index (χ2n) is 1.94. The number of rotatable bonds is 6. The Bertz CT molecular complexity index is 185. The largest absolute Gasteiger partial charge is 0.497 e. The lowest BCUT2D eigenvalue weighted by molar-refractivity contribution is -0.116. The summed E-state index contributed by atoms with van der Waals surface area (Å²) in [7, 11) is 0. The molecule has 1 N–H and O–H groups in total. The van der Waals surface area contributed by atoms with Crippen molar-refractivity contribution in [2.24, 2.45) is 0 Å². The van der Waals surface area contributed by atoms with E-state index in [-0.39, 0.29) is 5.91 Å². The second-order valence-corrected chi connectivity index (χ2v) is 1.94. The molecule has 0 aliphatic rings. The van der Waals surface area contributed by atoms with Crippen molar-refractivity contribution in [2.45, 2.75) is 0 Å². The van der Waals surface area contributed by atoms with Crippen LogP contribution in [0.5, 0.6) is 0 Å². The summed E-state index contributed by atoms with van der Waals surface area (Å²) in [5.41, 5.74) is 0. The van der Waals surface area contributed by atoms with E-state index in [1.807, 2.05) is 0 Å². The molecular weight excluding hydrogens is 154 g/mol. The van der Waals surface area contributed by atoms with Crippen molar-refractivity contribution in [2.75, 3.05) is 13.2 Å². The fraction of sp³-hybridized carbons (Fsp3) is 0.222. The Balaban J connectivity index is 3.29. The standard InChI is InChI=1S/C9H13NO2/c1-3-7-12-8-5-6-10-9(11)4-2/h3-5,8H,1-2,6-7H2,(H,10,11). The number of carbonyl (C=O) groups excluding carboxylic acids is 1. The topological polar surface area (TPSA) is 38.3 Å². The molecule has 0 atom stereocenters. The van der Waals surface area contributed by atoms with Gasteiger partial charge in [0.25, 0.3) is 0 Å². The first-order valence-corrected chi connectivity index (χ1v) is 3.59. The SMILES string of the molecule is C=CCOC=CCNC(=O)C=C. The maximum atomic E-state index is 10.6. The number of carbonyl (C=O) groups is 1. The molecule has 0 rings (SSSR count). The number of ether oxygens (including phenoxy) is 1. The zero-order chi connectivity index (χ0) is 9.23.